The van der Waals surface area contributed by atoms with Crippen molar-refractivity contribution in [3.63, 3.8) is 0 Å². The predicted octanol–water partition coefficient (Wildman–Crippen LogP) is 3.98. The number of hydrogen-bond acceptors (Lipinski definition) is 6. The molecule has 1 saturated heterocycles. The normalized spacial score (nSPS) is 21.5. The number of methoxy groups -OCH3 is 1. The second-order valence-corrected chi connectivity index (χ2v) is 10.8. The van der Waals surface area contributed by atoms with Gasteiger partial charge >= 0.3 is 0 Å². The number of nitrogens with one attached hydrogen (secondary N) is 1. The molecule has 3 aromatic rings. The van der Waals surface area contributed by atoms with Crippen LogP contribution < -0.4 is 15.0 Å². The molecule has 3 heterocycles. The van der Waals surface area contributed by atoms with Crippen LogP contribution in [0.15, 0.2) is 48.5 Å². The Bertz CT molecular complexity index is 1340. The molecule has 33 heavy (non-hydrogen) atoms. The molecule has 10 heteroatoms. The number of ether oxygens (including phenoxy) is 1. The Labute approximate surface area is 197 Å². The molecule has 0 aliphatic carbocycles. The summed E-state index contributed by atoms with van der Waals surface area (Å²) in [7, 11) is -1.52. The first kappa shape index (κ1) is 21.8. The number of amides is 1. The predicted molar refractivity (Wildman–Crippen MR) is 127 cm³/mol. The Morgan fingerprint density at radius 2 is 1.88 bits per heavy atom. The maximum absolute atomic E-state index is 13.6. The lowest BCUT2D eigenvalue weighted by Gasteiger charge is -2.38. The highest BCUT2D eigenvalue weighted by Gasteiger charge is 2.39. The fourth-order valence-electron chi connectivity index (χ4n) is 4.52. The number of nitrogens with zero attached hydrogens (tertiary/aromatic N) is 3. The van der Waals surface area contributed by atoms with Crippen LogP contribution in [0.3, 0.4) is 0 Å². The van der Waals surface area contributed by atoms with Gasteiger partial charge in [-0.25, -0.2) is 13.1 Å². The second-order valence-electron chi connectivity index (χ2n) is 8.26. The highest BCUT2D eigenvalue weighted by molar-refractivity contribution is 7.91. The van der Waals surface area contributed by atoms with Crippen LogP contribution in [0.1, 0.15) is 40.2 Å². The number of carbonyl (C=O) groups excluding carboxylic acids is 1. The van der Waals surface area contributed by atoms with Crippen LogP contribution in [-0.4, -0.2) is 42.7 Å². The number of halogens is 1. The molecule has 1 fully saturated rings. The lowest BCUT2D eigenvalue weighted by atomic mass is 10.0. The van der Waals surface area contributed by atoms with E-state index in [0.29, 0.717) is 45.5 Å². The van der Waals surface area contributed by atoms with Crippen LogP contribution in [0.2, 0.25) is 5.15 Å². The van der Waals surface area contributed by atoms with Gasteiger partial charge < -0.3 is 10.1 Å². The summed E-state index contributed by atoms with van der Waals surface area (Å²) in [4.78, 5) is 15.3. The average molecular weight is 487 g/mol. The van der Waals surface area contributed by atoms with Gasteiger partial charge in [0.2, 0.25) is 0 Å². The summed E-state index contributed by atoms with van der Waals surface area (Å²) in [5, 5.41) is 8.36. The van der Waals surface area contributed by atoms with E-state index >= 15 is 0 Å². The number of rotatable bonds is 4. The zero-order valence-corrected chi connectivity index (χ0v) is 19.7. The van der Waals surface area contributed by atoms with E-state index in [-0.39, 0.29) is 23.5 Å². The van der Waals surface area contributed by atoms with Crippen molar-refractivity contribution < 1.29 is 17.9 Å². The van der Waals surface area contributed by atoms with Crippen LogP contribution in [0, 0.1) is 6.92 Å². The van der Waals surface area contributed by atoms with Crippen molar-refractivity contribution in [2.24, 2.45) is 0 Å². The first-order valence-corrected chi connectivity index (χ1v) is 12.8. The van der Waals surface area contributed by atoms with Crippen molar-refractivity contribution in [1.29, 1.82) is 0 Å². The van der Waals surface area contributed by atoms with E-state index < -0.39 is 16.0 Å². The fourth-order valence-corrected chi connectivity index (χ4v) is 6.63. The third-order valence-electron chi connectivity index (χ3n) is 6.18. The first-order chi connectivity index (χ1) is 15.8. The first-order valence-electron chi connectivity index (χ1n) is 10.6. The molecule has 0 unspecified atom stereocenters. The number of fused-ring (bicyclic) bond motifs is 1. The molecule has 2 aliphatic heterocycles. The lowest BCUT2D eigenvalue weighted by molar-refractivity contribution is 0.0975. The quantitative estimate of drug-likeness (QED) is 0.599. The van der Waals surface area contributed by atoms with E-state index in [0.717, 1.165) is 0 Å². The van der Waals surface area contributed by atoms with Crippen LogP contribution in [0.4, 0.5) is 11.4 Å². The topological polar surface area (TPSA) is 93.5 Å². The maximum atomic E-state index is 13.6. The van der Waals surface area contributed by atoms with E-state index in [1.165, 1.54) is 0 Å². The number of anilines is 2. The van der Waals surface area contributed by atoms with Crippen molar-refractivity contribution >= 4 is 38.7 Å². The number of carbonyl (C=O) groups is 1. The molecule has 2 atom stereocenters. The molecule has 1 N–H and O–H groups in total. The van der Waals surface area contributed by atoms with Gasteiger partial charge in [-0.1, -0.05) is 23.7 Å². The van der Waals surface area contributed by atoms with Gasteiger partial charge in [-0.05, 0) is 49.7 Å². The Hall–Kier alpha value is -3.04. The molecule has 0 bridgehead atoms. The Morgan fingerprint density at radius 3 is 2.55 bits per heavy atom. The largest absolute Gasteiger partial charge is 0.497 e. The van der Waals surface area contributed by atoms with Gasteiger partial charge in [0.25, 0.3) is 5.91 Å². The molecule has 0 radical (unpaired) electrons. The zero-order valence-electron chi connectivity index (χ0n) is 18.2. The van der Waals surface area contributed by atoms with Gasteiger partial charge in [-0.15, -0.1) is 0 Å². The van der Waals surface area contributed by atoms with Gasteiger partial charge in [0.05, 0.1) is 41.5 Å². The summed E-state index contributed by atoms with van der Waals surface area (Å²) in [6.45, 7) is 1.82. The third kappa shape index (κ3) is 3.75. The maximum Gasteiger partial charge on any atom is 0.262 e. The van der Waals surface area contributed by atoms with E-state index in [9.17, 15) is 13.2 Å². The average Bonchev–Trinajstić information content (AvgIpc) is 3.31. The smallest absolute Gasteiger partial charge is 0.262 e. The summed E-state index contributed by atoms with van der Waals surface area (Å²) >= 11 is 6.82. The summed E-state index contributed by atoms with van der Waals surface area (Å²) in [5.41, 5.74) is 3.18. The molecule has 2 aliphatic rings. The van der Waals surface area contributed by atoms with Gasteiger partial charge in [0, 0.05) is 11.4 Å². The van der Waals surface area contributed by atoms with Crippen molar-refractivity contribution in [1.82, 2.24) is 9.78 Å². The van der Waals surface area contributed by atoms with Crippen molar-refractivity contribution in [3.8, 4) is 5.75 Å². The Kier molecular flexibility index (Phi) is 5.33. The molecule has 172 valence electrons. The summed E-state index contributed by atoms with van der Waals surface area (Å²) in [6.07, 6.45) is -0.162. The van der Waals surface area contributed by atoms with Gasteiger partial charge in [0.1, 0.15) is 17.1 Å². The SMILES string of the molecule is COc1ccc(N2C(=O)c3ccccc3N[C@H]2c2c(C)nn([C@H]3CCS(=O)(=O)C3)c2Cl)cc1. The minimum Gasteiger partial charge on any atom is -0.497 e. The number of aryl methyl sites for hydroxylation is 1. The lowest BCUT2D eigenvalue weighted by Crippen LogP contribution is -2.43. The number of aromatic nitrogens is 2. The number of benzene rings is 2. The van der Waals surface area contributed by atoms with E-state index in [2.05, 4.69) is 10.4 Å². The minimum absolute atomic E-state index is 0.00926. The fraction of sp³-hybridized carbons (Fsp3) is 0.304. The van der Waals surface area contributed by atoms with E-state index in [1.807, 2.05) is 37.3 Å². The highest BCUT2D eigenvalue weighted by atomic mass is 35.5. The number of para-hydroxylation sites is 1. The molecular formula is C23H23ClN4O4S. The van der Waals surface area contributed by atoms with E-state index in [4.69, 9.17) is 16.3 Å². The van der Waals surface area contributed by atoms with Crippen LogP contribution >= 0.6 is 11.6 Å². The van der Waals surface area contributed by atoms with Gasteiger partial charge in [0.15, 0.2) is 9.84 Å². The number of sulfone groups is 1. The molecule has 1 aromatic heterocycles. The molecule has 0 spiro atoms. The zero-order chi connectivity index (χ0) is 23.3. The van der Waals surface area contributed by atoms with E-state index in [1.54, 1.807) is 34.9 Å². The van der Waals surface area contributed by atoms with Crippen LogP contribution in [0.25, 0.3) is 0 Å². The highest BCUT2D eigenvalue weighted by Crippen LogP contribution is 2.41. The summed E-state index contributed by atoms with van der Waals surface area (Å²) in [5.74, 6) is 0.632. The summed E-state index contributed by atoms with van der Waals surface area (Å²) in [6, 6.07) is 14.2. The minimum atomic E-state index is -3.11. The molecule has 0 saturated carbocycles. The molecule has 1 amide bonds. The van der Waals surface area contributed by atoms with Gasteiger partial charge in [-0.3, -0.25) is 9.69 Å². The third-order valence-corrected chi connectivity index (χ3v) is 8.30. The molecule has 2 aromatic carbocycles. The molecule has 8 nitrogen and oxygen atoms in total. The Balaban J connectivity index is 1.62. The van der Waals surface area contributed by atoms with Crippen LogP contribution in [-0.2, 0) is 9.84 Å². The standard InChI is InChI=1S/C23H23ClN4O4S/c1-14-20(21(24)28(26-14)16-11-12-33(30,31)13-16)22-25-19-6-4-3-5-18(19)23(29)27(22)15-7-9-17(32-2)10-8-15/h3-10,16,22,25H,11-13H2,1-2H3/t16-,22+/m0/s1. The van der Waals surface area contributed by atoms with Crippen molar-refractivity contribution in [3.05, 3.63) is 70.5 Å². The van der Waals surface area contributed by atoms with Gasteiger partial charge in [-0.2, -0.15) is 5.10 Å². The Morgan fingerprint density at radius 1 is 1.15 bits per heavy atom. The second kappa shape index (κ2) is 8.07. The monoisotopic (exact) mass is 486 g/mol. The number of hydrogen-bond donors (Lipinski definition) is 1. The van der Waals surface area contributed by atoms with Crippen molar-refractivity contribution in [2.75, 3.05) is 28.8 Å². The summed E-state index contributed by atoms with van der Waals surface area (Å²) < 4.78 is 30.9. The van der Waals surface area contributed by atoms with Crippen molar-refractivity contribution in [2.45, 2.75) is 25.6 Å². The molecule has 5 rings (SSSR count). The molecular weight excluding hydrogens is 464 g/mol. The van der Waals surface area contributed by atoms with Crippen LogP contribution in [0.5, 0.6) is 5.75 Å².